The molecular weight excluding hydrogens is 503 g/mol. The summed E-state index contributed by atoms with van der Waals surface area (Å²) in [5.74, 6) is -1.05. The molecule has 0 spiro atoms. The average molecular weight is 527 g/mol. The van der Waals surface area contributed by atoms with Crippen molar-refractivity contribution in [2.45, 2.75) is 25.4 Å². The van der Waals surface area contributed by atoms with Gasteiger partial charge in [-0.2, -0.15) is 0 Å². The maximum atomic E-state index is 13.6. The zero-order valence-corrected chi connectivity index (χ0v) is 19.9. The number of aromatic nitrogens is 2. The molecule has 1 aliphatic heterocycles. The van der Waals surface area contributed by atoms with E-state index in [1.54, 1.807) is 30.3 Å². The smallest absolute Gasteiger partial charge is 0.274 e. The van der Waals surface area contributed by atoms with E-state index in [0.29, 0.717) is 33.4 Å². The molecule has 34 heavy (non-hydrogen) atoms. The minimum atomic E-state index is -0.387. The van der Waals surface area contributed by atoms with Gasteiger partial charge in [0, 0.05) is 34.7 Å². The molecule has 2 heterocycles. The molecule has 1 aliphatic rings. The molecule has 4 rings (SSSR count). The summed E-state index contributed by atoms with van der Waals surface area (Å²) in [7, 11) is 0. The third-order valence-electron chi connectivity index (χ3n) is 5.44. The van der Waals surface area contributed by atoms with Gasteiger partial charge in [0.2, 0.25) is 0 Å². The number of nitrogen functional groups attached to an aromatic ring is 1. The zero-order valence-electron chi connectivity index (χ0n) is 18.3. The number of rotatable bonds is 6. The Bertz CT molecular complexity index is 1200. The second-order valence-electron chi connectivity index (χ2n) is 8.05. The summed E-state index contributed by atoms with van der Waals surface area (Å²) in [4.78, 5) is 34.0. The molecule has 0 aliphatic carbocycles. The minimum absolute atomic E-state index is 0.0110. The molecule has 3 aromatic rings. The van der Waals surface area contributed by atoms with Gasteiger partial charge in [-0.1, -0.05) is 28.1 Å². The highest BCUT2D eigenvalue weighted by atomic mass is 79.9. The van der Waals surface area contributed by atoms with Crippen LogP contribution in [-0.4, -0.2) is 40.9 Å². The summed E-state index contributed by atoms with van der Waals surface area (Å²) < 4.78 is 14.2. The van der Waals surface area contributed by atoms with Crippen LogP contribution in [0.5, 0.6) is 0 Å². The highest BCUT2D eigenvalue weighted by molar-refractivity contribution is 9.10. The van der Waals surface area contributed by atoms with E-state index in [4.69, 9.17) is 5.73 Å². The number of piperidine rings is 1. The van der Waals surface area contributed by atoms with E-state index in [1.807, 2.05) is 0 Å². The van der Waals surface area contributed by atoms with Crippen molar-refractivity contribution in [2.75, 3.05) is 18.8 Å². The van der Waals surface area contributed by atoms with Gasteiger partial charge in [0.15, 0.2) is 11.5 Å². The first kappa shape index (κ1) is 23.8. The second-order valence-corrected chi connectivity index (χ2v) is 8.96. The lowest BCUT2D eigenvalue weighted by Gasteiger charge is -2.23. The quantitative estimate of drug-likeness (QED) is 0.391. The van der Waals surface area contributed by atoms with Crippen LogP contribution < -0.4 is 21.7 Å². The second kappa shape index (κ2) is 10.7. The van der Waals surface area contributed by atoms with E-state index in [0.717, 1.165) is 19.4 Å². The van der Waals surface area contributed by atoms with E-state index in [2.05, 4.69) is 41.8 Å². The van der Waals surface area contributed by atoms with Gasteiger partial charge < -0.3 is 21.7 Å². The maximum absolute atomic E-state index is 13.6. The molecule has 1 aromatic heterocycles. The number of anilines is 1. The first-order valence-corrected chi connectivity index (χ1v) is 11.7. The van der Waals surface area contributed by atoms with Gasteiger partial charge >= 0.3 is 0 Å². The van der Waals surface area contributed by atoms with Crippen LogP contribution in [0.4, 0.5) is 10.2 Å². The molecule has 5 N–H and O–H groups in total. The first-order valence-electron chi connectivity index (χ1n) is 10.9. The predicted octanol–water partition coefficient (Wildman–Crippen LogP) is 3.04. The largest absolute Gasteiger partial charge is 0.382 e. The number of nitrogens with one attached hydrogen (secondary N) is 3. The lowest BCUT2D eigenvalue weighted by Crippen LogP contribution is -2.46. The number of carbonyl (C=O) groups excluding carboxylic acids is 2. The molecule has 1 atom stereocenters. The molecule has 10 heteroatoms. The van der Waals surface area contributed by atoms with E-state index in [1.165, 1.54) is 18.3 Å². The normalized spacial score (nSPS) is 15.5. The van der Waals surface area contributed by atoms with Gasteiger partial charge in [-0.3, -0.25) is 9.59 Å². The van der Waals surface area contributed by atoms with E-state index in [9.17, 15) is 14.0 Å². The minimum Gasteiger partial charge on any atom is -0.382 e. The Hall–Kier alpha value is -3.37. The number of nitrogens with zero attached hydrogens (tertiary/aromatic N) is 2. The van der Waals surface area contributed by atoms with Gasteiger partial charge in [0.1, 0.15) is 5.82 Å². The Morgan fingerprint density at radius 2 is 2.06 bits per heavy atom. The Balaban J connectivity index is 1.48. The molecule has 176 valence electrons. The standard InChI is InChI=1S/C24H24BrFN6O2/c25-17-7-14(8-18(26)10-17)11-30-23(33)16-4-1-3-15(9-16)20-13-29-22(27)21(32-20)24(34)31-19-5-2-6-28-12-19/h1,3-4,7-10,13,19,28H,2,5-6,11-12H2,(H2,27,29)(H,30,33)(H,31,34). The van der Waals surface area contributed by atoms with Gasteiger partial charge in [-0.25, -0.2) is 14.4 Å². The molecule has 2 amide bonds. The number of halogens is 2. The summed E-state index contributed by atoms with van der Waals surface area (Å²) in [6, 6.07) is 11.3. The van der Waals surface area contributed by atoms with Crippen LogP contribution in [0.25, 0.3) is 11.3 Å². The van der Waals surface area contributed by atoms with Crippen LogP contribution in [0.15, 0.2) is 53.1 Å². The van der Waals surface area contributed by atoms with Crippen LogP contribution in [-0.2, 0) is 6.54 Å². The molecule has 2 aromatic carbocycles. The number of benzene rings is 2. The molecule has 8 nitrogen and oxygen atoms in total. The van der Waals surface area contributed by atoms with Crippen LogP contribution >= 0.6 is 15.9 Å². The van der Waals surface area contributed by atoms with E-state index in [-0.39, 0.29) is 41.7 Å². The van der Waals surface area contributed by atoms with Crippen LogP contribution in [0.3, 0.4) is 0 Å². The molecule has 1 fully saturated rings. The van der Waals surface area contributed by atoms with Crippen LogP contribution in [0.1, 0.15) is 39.3 Å². The fourth-order valence-corrected chi connectivity index (χ4v) is 4.26. The summed E-state index contributed by atoms with van der Waals surface area (Å²) >= 11 is 3.24. The van der Waals surface area contributed by atoms with Crippen LogP contribution in [0.2, 0.25) is 0 Å². The first-order chi connectivity index (χ1) is 16.4. The zero-order chi connectivity index (χ0) is 24.1. The maximum Gasteiger partial charge on any atom is 0.274 e. The number of nitrogens with two attached hydrogens (primary N) is 1. The van der Waals surface area contributed by atoms with Gasteiger partial charge in [0.25, 0.3) is 11.8 Å². The molecule has 0 saturated carbocycles. The molecule has 1 unspecified atom stereocenters. The number of carbonyl (C=O) groups is 2. The SMILES string of the molecule is Nc1ncc(-c2cccc(C(=O)NCc3cc(F)cc(Br)c3)c2)nc1C(=O)NC1CCCNC1. The monoisotopic (exact) mass is 526 g/mol. The van der Waals surface area contributed by atoms with Crippen molar-refractivity contribution < 1.29 is 14.0 Å². The summed E-state index contributed by atoms with van der Waals surface area (Å²) in [5, 5.41) is 8.97. The summed E-state index contributed by atoms with van der Waals surface area (Å²) in [6.45, 7) is 1.80. The predicted molar refractivity (Wildman–Crippen MR) is 131 cm³/mol. The number of hydrogen-bond donors (Lipinski definition) is 4. The topological polar surface area (TPSA) is 122 Å². The molecule has 1 saturated heterocycles. The van der Waals surface area contributed by atoms with E-state index < -0.39 is 0 Å². The average Bonchev–Trinajstić information content (AvgIpc) is 2.83. The van der Waals surface area contributed by atoms with E-state index >= 15 is 0 Å². The van der Waals surface area contributed by atoms with Crippen molar-refractivity contribution in [3.63, 3.8) is 0 Å². The van der Waals surface area contributed by atoms with Gasteiger partial charge in [-0.05, 0) is 55.3 Å². The van der Waals surface area contributed by atoms with Crippen molar-refractivity contribution in [1.82, 2.24) is 25.9 Å². The fourth-order valence-electron chi connectivity index (χ4n) is 3.75. The number of amides is 2. The lowest BCUT2D eigenvalue weighted by molar-refractivity contribution is 0.0923. The molecular formula is C24H24BrFN6O2. The summed E-state index contributed by atoms with van der Waals surface area (Å²) in [6.07, 6.45) is 3.34. The van der Waals surface area contributed by atoms with Crippen molar-refractivity contribution in [3.05, 3.63) is 75.8 Å². The fraction of sp³-hybridized carbons (Fsp3) is 0.250. The van der Waals surface area contributed by atoms with Gasteiger partial charge in [0.05, 0.1) is 11.9 Å². The lowest BCUT2D eigenvalue weighted by atomic mass is 10.1. The van der Waals surface area contributed by atoms with Crippen molar-refractivity contribution in [2.24, 2.45) is 0 Å². The number of hydrogen-bond acceptors (Lipinski definition) is 6. The van der Waals surface area contributed by atoms with Crippen LogP contribution in [0, 0.1) is 5.82 Å². The third kappa shape index (κ3) is 5.95. The summed E-state index contributed by atoms with van der Waals surface area (Å²) in [5.41, 5.74) is 8.03. The highest BCUT2D eigenvalue weighted by Gasteiger charge is 2.20. The third-order valence-corrected chi connectivity index (χ3v) is 5.90. The molecule has 0 radical (unpaired) electrons. The van der Waals surface area contributed by atoms with Crippen molar-refractivity contribution >= 4 is 33.6 Å². The van der Waals surface area contributed by atoms with Crippen molar-refractivity contribution in [3.8, 4) is 11.3 Å². The Kier molecular flexibility index (Phi) is 7.49. The Labute approximate surface area is 204 Å². The highest BCUT2D eigenvalue weighted by Crippen LogP contribution is 2.21. The van der Waals surface area contributed by atoms with Gasteiger partial charge in [-0.15, -0.1) is 0 Å². The molecule has 0 bridgehead atoms. The van der Waals surface area contributed by atoms with Crippen molar-refractivity contribution in [1.29, 1.82) is 0 Å². The Morgan fingerprint density at radius 3 is 2.82 bits per heavy atom. The Morgan fingerprint density at radius 1 is 1.21 bits per heavy atom.